The fourth-order valence-electron chi connectivity index (χ4n) is 1.87. The van der Waals surface area contributed by atoms with Crippen molar-refractivity contribution in [2.75, 3.05) is 25.6 Å². The molecule has 7 nitrogen and oxygen atoms in total. The predicted octanol–water partition coefficient (Wildman–Crippen LogP) is 2.14. The van der Waals surface area contributed by atoms with Gasteiger partial charge in [-0.15, -0.1) is 0 Å². The summed E-state index contributed by atoms with van der Waals surface area (Å²) >= 11 is 0. The molecule has 8 heteroatoms. The number of benzene rings is 1. The fraction of sp³-hybridized carbons (Fsp3) is 0.562. The van der Waals surface area contributed by atoms with Crippen LogP contribution in [0.15, 0.2) is 23.1 Å². The van der Waals surface area contributed by atoms with Crippen LogP contribution in [0.2, 0.25) is 0 Å². The number of nitrogens with one attached hydrogen (secondary N) is 2. The number of rotatable bonds is 10. The molecule has 0 heterocycles. The van der Waals surface area contributed by atoms with Gasteiger partial charge in [0.15, 0.2) is 0 Å². The number of hydrogen-bond donors (Lipinski definition) is 2. The predicted molar refractivity (Wildman–Crippen MR) is 92.8 cm³/mol. The maximum Gasteiger partial charge on any atom is 0.240 e. The van der Waals surface area contributed by atoms with E-state index in [4.69, 9.17) is 9.47 Å². The average molecular weight is 358 g/mol. The first kappa shape index (κ1) is 20.4. The van der Waals surface area contributed by atoms with Crippen LogP contribution in [0.5, 0.6) is 5.75 Å². The molecule has 0 saturated heterocycles. The highest BCUT2D eigenvalue weighted by Gasteiger charge is 2.17. The van der Waals surface area contributed by atoms with E-state index in [2.05, 4.69) is 10.0 Å². The zero-order valence-electron chi connectivity index (χ0n) is 14.6. The number of anilines is 1. The van der Waals surface area contributed by atoms with Gasteiger partial charge in [0.2, 0.25) is 15.9 Å². The second-order valence-electron chi connectivity index (χ2n) is 5.43. The molecule has 0 fully saturated rings. The highest BCUT2D eigenvalue weighted by atomic mass is 32.2. The Hall–Kier alpha value is -1.64. The van der Waals surface area contributed by atoms with Crippen molar-refractivity contribution in [2.45, 2.75) is 44.6 Å². The second kappa shape index (κ2) is 9.61. The molecule has 0 radical (unpaired) electrons. The minimum Gasteiger partial charge on any atom is -0.495 e. The van der Waals surface area contributed by atoms with Crippen LogP contribution in [0.4, 0.5) is 5.69 Å². The second-order valence-corrected chi connectivity index (χ2v) is 7.20. The van der Waals surface area contributed by atoms with Gasteiger partial charge in [0.1, 0.15) is 5.75 Å². The van der Waals surface area contributed by atoms with Gasteiger partial charge in [0.05, 0.1) is 23.8 Å². The lowest BCUT2D eigenvalue weighted by Crippen LogP contribution is -2.26. The molecule has 1 rings (SSSR count). The normalized spacial score (nSPS) is 11.5. The molecule has 0 aliphatic rings. The van der Waals surface area contributed by atoms with Crippen LogP contribution in [0, 0.1) is 0 Å². The van der Waals surface area contributed by atoms with E-state index < -0.39 is 10.0 Å². The summed E-state index contributed by atoms with van der Waals surface area (Å²) in [4.78, 5) is 11.6. The third kappa shape index (κ3) is 6.46. The summed E-state index contributed by atoms with van der Waals surface area (Å²) < 4.78 is 37.7. The van der Waals surface area contributed by atoms with Gasteiger partial charge in [-0.2, -0.15) is 0 Å². The van der Waals surface area contributed by atoms with Crippen LogP contribution >= 0.6 is 0 Å². The third-order valence-corrected chi connectivity index (χ3v) is 4.60. The van der Waals surface area contributed by atoms with Crippen LogP contribution < -0.4 is 14.8 Å². The molecule has 2 N–H and O–H groups in total. The Bertz CT molecular complexity index is 644. The van der Waals surface area contributed by atoms with Gasteiger partial charge in [-0.05, 0) is 38.5 Å². The number of methoxy groups -OCH3 is 1. The summed E-state index contributed by atoms with van der Waals surface area (Å²) in [5, 5.41) is 2.64. The van der Waals surface area contributed by atoms with E-state index in [1.165, 1.54) is 25.3 Å². The van der Waals surface area contributed by atoms with E-state index in [9.17, 15) is 13.2 Å². The van der Waals surface area contributed by atoms with Gasteiger partial charge in [0.25, 0.3) is 0 Å². The highest BCUT2D eigenvalue weighted by molar-refractivity contribution is 7.89. The van der Waals surface area contributed by atoms with E-state index in [1.807, 2.05) is 13.8 Å². The number of carbonyl (C=O) groups excluding carboxylic acids is 1. The molecule has 0 unspecified atom stereocenters. The highest BCUT2D eigenvalue weighted by Crippen LogP contribution is 2.27. The molecule has 1 aromatic rings. The molecule has 0 atom stereocenters. The summed E-state index contributed by atoms with van der Waals surface area (Å²) in [5.41, 5.74) is 0.329. The number of sulfonamides is 1. The van der Waals surface area contributed by atoms with E-state index in [-0.39, 0.29) is 29.9 Å². The van der Waals surface area contributed by atoms with Crippen LogP contribution in [-0.4, -0.2) is 40.7 Å². The lowest BCUT2D eigenvalue weighted by atomic mass is 10.3. The summed E-state index contributed by atoms with van der Waals surface area (Å²) in [6.45, 7) is 6.32. The minimum atomic E-state index is -3.66. The maximum atomic E-state index is 12.3. The molecular weight excluding hydrogens is 332 g/mol. The summed E-state index contributed by atoms with van der Waals surface area (Å²) in [5.74, 6) is 0.183. The van der Waals surface area contributed by atoms with Gasteiger partial charge in [0, 0.05) is 19.6 Å². The Balaban J connectivity index is 2.80. The SMILES string of the molecule is CCC(=O)Nc1cc(S(=O)(=O)NCCCOC(C)C)ccc1OC. The molecule has 24 heavy (non-hydrogen) atoms. The molecule has 0 bridgehead atoms. The van der Waals surface area contributed by atoms with Gasteiger partial charge < -0.3 is 14.8 Å². The molecule has 0 saturated carbocycles. The molecular formula is C16H26N2O5S. The first-order chi connectivity index (χ1) is 11.3. The van der Waals surface area contributed by atoms with Crippen molar-refractivity contribution in [3.8, 4) is 5.75 Å². The maximum absolute atomic E-state index is 12.3. The Morgan fingerprint density at radius 3 is 2.58 bits per heavy atom. The Morgan fingerprint density at radius 1 is 1.29 bits per heavy atom. The first-order valence-corrected chi connectivity index (χ1v) is 9.37. The van der Waals surface area contributed by atoms with Crippen molar-refractivity contribution in [3.05, 3.63) is 18.2 Å². The number of hydrogen-bond acceptors (Lipinski definition) is 5. The van der Waals surface area contributed by atoms with Crippen molar-refractivity contribution in [3.63, 3.8) is 0 Å². The summed E-state index contributed by atoms with van der Waals surface area (Å²) in [6, 6.07) is 4.34. The van der Waals surface area contributed by atoms with E-state index in [1.54, 1.807) is 6.92 Å². The molecule has 0 aromatic heterocycles. The van der Waals surface area contributed by atoms with E-state index in [0.717, 1.165) is 0 Å². The minimum absolute atomic E-state index is 0.0690. The standard InChI is InChI=1S/C16H26N2O5S/c1-5-16(19)18-14-11-13(7-8-15(14)22-4)24(20,21)17-9-6-10-23-12(2)3/h7-8,11-12,17H,5-6,9-10H2,1-4H3,(H,18,19). The average Bonchev–Trinajstić information content (AvgIpc) is 2.53. The van der Waals surface area contributed by atoms with E-state index >= 15 is 0 Å². The first-order valence-electron chi connectivity index (χ1n) is 7.89. The molecule has 136 valence electrons. The van der Waals surface area contributed by atoms with Gasteiger partial charge >= 0.3 is 0 Å². The Morgan fingerprint density at radius 2 is 2.00 bits per heavy atom. The largest absolute Gasteiger partial charge is 0.495 e. The molecule has 1 amide bonds. The monoisotopic (exact) mass is 358 g/mol. The Kier molecular flexibility index (Phi) is 8.17. The zero-order chi connectivity index (χ0) is 18.2. The van der Waals surface area contributed by atoms with Crippen LogP contribution in [0.25, 0.3) is 0 Å². The van der Waals surface area contributed by atoms with Gasteiger partial charge in [-0.1, -0.05) is 6.92 Å². The summed E-state index contributed by atoms with van der Waals surface area (Å²) in [7, 11) is -2.21. The lowest BCUT2D eigenvalue weighted by molar-refractivity contribution is -0.115. The van der Waals surface area contributed by atoms with E-state index in [0.29, 0.717) is 24.5 Å². The van der Waals surface area contributed by atoms with Crippen molar-refractivity contribution in [1.29, 1.82) is 0 Å². The van der Waals surface area contributed by atoms with Crippen LogP contribution in [0.1, 0.15) is 33.6 Å². The quantitative estimate of drug-likeness (QED) is 0.625. The number of ether oxygens (including phenoxy) is 2. The van der Waals surface area contributed by atoms with Gasteiger partial charge in [-0.25, -0.2) is 13.1 Å². The summed E-state index contributed by atoms with van der Waals surface area (Å²) in [6.07, 6.45) is 0.981. The van der Waals surface area contributed by atoms with Crippen molar-refractivity contribution < 1.29 is 22.7 Å². The van der Waals surface area contributed by atoms with Crippen LogP contribution in [-0.2, 0) is 19.6 Å². The molecule has 0 aliphatic carbocycles. The van der Waals surface area contributed by atoms with Crippen molar-refractivity contribution >= 4 is 21.6 Å². The Labute approximate surface area is 143 Å². The topological polar surface area (TPSA) is 93.7 Å². The van der Waals surface area contributed by atoms with Crippen molar-refractivity contribution in [2.24, 2.45) is 0 Å². The number of carbonyl (C=O) groups is 1. The third-order valence-electron chi connectivity index (χ3n) is 3.14. The smallest absolute Gasteiger partial charge is 0.240 e. The van der Waals surface area contributed by atoms with Crippen molar-refractivity contribution in [1.82, 2.24) is 4.72 Å². The molecule has 0 aliphatic heterocycles. The lowest BCUT2D eigenvalue weighted by Gasteiger charge is -2.13. The number of amides is 1. The fourth-order valence-corrected chi connectivity index (χ4v) is 2.97. The van der Waals surface area contributed by atoms with Crippen LogP contribution in [0.3, 0.4) is 0 Å². The van der Waals surface area contributed by atoms with Gasteiger partial charge in [-0.3, -0.25) is 4.79 Å². The molecule has 0 spiro atoms. The zero-order valence-corrected chi connectivity index (χ0v) is 15.4. The molecule has 1 aromatic carbocycles.